The molecule has 0 atom stereocenters. The van der Waals surface area contributed by atoms with Crippen LogP contribution in [-0.4, -0.2) is 4.57 Å². The molecule has 0 unspecified atom stereocenters. The van der Waals surface area contributed by atoms with Gasteiger partial charge in [-0.3, -0.25) is 0 Å². The van der Waals surface area contributed by atoms with Gasteiger partial charge in [0.25, 0.3) is 0 Å². The van der Waals surface area contributed by atoms with E-state index in [0.717, 1.165) is 55.9 Å². The third-order valence-electron chi connectivity index (χ3n) is 18.1. The van der Waals surface area contributed by atoms with Gasteiger partial charge >= 0.3 is 0 Å². The number of halogens is 1. The van der Waals surface area contributed by atoms with Crippen LogP contribution in [0.5, 0.6) is 0 Å². The van der Waals surface area contributed by atoms with Crippen molar-refractivity contribution in [3.8, 4) is 50.2 Å². The lowest BCUT2D eigenvalue weighted by Gasteiger charge is -2.30. The normalized spacial score (nSPS) is 13.0. The van der Waals surface area contributed by atoms with Crippen LogP contribution in [0.2, 0.25) is 0 Å². The fraction of sp³-hybridized carbons (Fsp3) is 0.0488. The van der Waals surface area contributed by atoms with Crippen LogP contribution in [0, 0.1) is 5.82 Å². The Balaban J connectivity index is 0.000000162. The maximum atomic E-state index is 14.0. The molecule has 0 saturated heterocycles. The van der Waals surface area contributed by atoms with Gasteiger partial charge in [0.15, 0.2) is 0 Å². The summed E-state index contributed by atoms with van der Waals surface area (Å²) in [7, 11) is 0. The molecule has 410 valence electrons. The third kappa shape index (κ3) is 8.89. The number of fused-ring (bicyclic) bond motifs is 9. The predicted molar refractivity (Wildman–Crippen MR) is 357 cm³/mol. The molecule has 14 aromatic rings. The van der Waals surface area contributed by atoms with Gasteiger partial charge in [0, 0.05) is 55.7 Å². The van der Waals surface area contributed by atoms with E-state index in [0.29, 0.717) is 0 Å². The molecule has 2 aliphatic carbocycles. The topological polar surface area (TPSA) is 20.2 Å². The second-order valence-electron chi connectivity index (χ2n) is 22.9. The van der Waals surface area contributed by atoms with Crippen molar-refractivity contribution in [2.24, 2.45) is 0 Å². The maximum absolute atomic E-state index is 14.0. The van der Waals surface area contributed by atoms with E-state index in [1.165, 1.54) is 90.0 Å². The van der Waals surface area contributed by atoms with Crippen molar-refractivity contribution < 1.29 is 4.39 Å². The molecule has 0 spiro atoms. The highest BCUT2D eigenvalue weighted by Gasteiger charge is 2.41. The average Bonchev–Trinajstić information content (AvgIpc) is 1.98. The number of hydrogen-bond acceptors (Lipinski definition) is 2. The predicted octanol–water partition coefficient (Wildman–Crippen LogP) is 21.8. The van der Waals surface area contributed by atoms with E-state index in [9.17, 15) is 4.39 Å². The molecule has 3 nitrogen and oxygen atoms in total. The first-order valence-corrected chi connectivity index (χ1v) is 29.6. The van der Waals surface area contributed by atoms with Gasteiger partial charge in [-0.15, -0.1) is 0 Å². The molecule has 1 N–H and O–H groups in total. The Kier molecular flexibility index (Phi) is 13.0. The molecule has 16 rings (SSSR count). The maximum Gasteiger partial charge on any atom is 0.123 e. The molecule has 2 aliphatic rings. The van der Waals surface area contributed by atoms with E-state index in [1.54, 1.807) is 0 Å². The SMILES string of the molecule is CC1(c2ccc(N(c3ccc(-c4ccccc4)cc3)c3ccc4c(c3)c3ccccc3n4-c3ccc(F)cc3)cc2)c2ccccc2-c2ccccc21.CC1(c2ccc(Nc3ccc(-c4ccccc4)cc3)cc2)c2ccccc2-c2ccccc21. The van der Waals surface area contributed by atoms with E-state index in [1.807, 2.05) is 18.2 Å². The highest BCUT2D eigenvalue weighted by Crippen LogP contribution is 2.54. The zero-order valence-electron chi connectivity index (χ0n) is 47.9. The van der Waals surface area contributed by atoms with Crippen molar-refractivity contribution in [1.29, 1.82) is 0 Å². The molecule has 86 heavy (non-hydrogen) atoms. The van der Waals surface area contributed by atoms with Crippen molar-refractivity contribution in [3.05, 3.63) is 361 Å². The van der Waals surface area contributed by atoms with Gasteiger partial charge in [0.05, 0.1) is 11.0 Å². The number of nitrogens with zero attached hydrogens (tertiary/aromatic N) is 2. The van der Waals surface area contributed by atoms with Crippen LogP contribution in [0.15, 0.2) is 322 Å². The largest absolute Gasteiger partial charge is 0.356 e. The van der Waals surface area contributed by atoms with Crippen LogP contribution in [-0.2, 0) is 10.8 Å². The number of para-hydroxylation sites is 1. The van der Waals surface area contributed by atoms with E-state index in [4.69, 9.17) is 0 Å². The zero-order valence-corrected chi connectivity index (χ0v) is 47.9. The number of anilines is 5. The van der Waals surface area contributed by atoms with Crippen LogP contribution in [0.25, 0.3) is 72.0 Å². The van der Waals surface area contributed by atoms with Crippen molar-refractivity contribution in [2.75, 3.05) is 10.2 Å². The average molecular weight is 1110 g/mol. The molecule has 0 saturated carbocycles. The van der Waals surface area contributed by atoms with Crippen molar-refractivity contribution in [3.63, 3.8) is 0 Å². The minimum Gasteiger partial charge on any atom is -0.356 e. The molecule has 0 fully saturated rings. The highest BCUT2D eigenvalue weighted by molar-refractivity contribution is 6.10. The summed E-state index contributed by atoms with van der Waals surface area (Å²) in [5, 5.41) is 5.84. The van der Waals surface area contributed by atoms with Crippen molar-refractivity contribution in [2.45, 2.75) is 24.7 Å². The molecular weight excluding hydrogens is 1050 g/mol. The van der Waals surface area contributed by atoms with Gasteiger partial charge in [0.1, 0.15) is 5.82 Å². The lowest BCUT2D eigenvalue weighted by Crippen LogP contribution is -2.22. The molecular formula is C82H60FN3. The number of hydrogen-bond donors (Lipinski definition) is 1. The lowest BCUT2D eigenvalue weighted by atomic mass is 9.74. The van der Waals surface area contributed by atoms with Gasteiger partial charge < -0.3 is 14.8 Å². The van der Waals surface area contributed by atoms with Crippen LogP contribution in [0.1, 0.15) is 47.2 Å². The molecule has 0 amide bonds. The zero-order chi connectivity index (χ0) is 57.8. The summed E-state index contributed by atoms with van der Waals surface area (Å²) in [6.45, 7) is 4.71. The summed E-state index contributed by atoms with van der Waals surface area (Å²) in [4.78, 5) is 2.35. The Bertz CT molecular complexity index is 4690. The fourth-order valence-corrected chi connectivity index (χ4v) is 13.8. The van der Waals surface area contributed by atoms with Gasteiger partial charge in [-0.25, -0.2) is 4.39 Å². The van der Waals surface area contributed by atoms with E-state index >= 15 is 0 Å². The van der Waals surface area contributed by atoms with Crippen LogP contribution < -0.4 is 10.2 Å². The Morgan fingerprint density at radius 3 is 1.16 bits per heavy atom. The van der Waals surface area contributed by atoms with Crippen LogP contribution in [0.4, 0.5) is 32.8 Å². The van der Waals surface area contributed by atoms with E-state index < -0.39 is 0 Å². The summed E-state index contributed by atoms with van der Waals surface area (Å²) < 4.78 is 16.2. The Morgan fingerprint density at radius 1 is 0.314 bits per heavy atom. The van der Waals surface area contributed by atoms with Crippen molar-refractivity contribution >= 4 is 50.2 Å². The smallest absolute Gasteiger partial charge is 0.123 e. The molecule has 0 bridgehead atoms. The Labute approximate surface area is 502 Å². The number of benzene rings is 13. The number of rotatable bonds is 10. The summed E-state index contributed by atoms with van der Waals surface area (Å²) in [6, 6.07) is 114. The molecule has 13 aromatic carbocycles. The van der Waals surface area contributed by atoms with Crippen LogP contribution >= 0.6 is 0 Å². The molecule has 0 radical (unpaired) electrons. The fourth-order valence-electron chi connectivity index (χ4n) is 13.8. The number of nitrogens with one attached hydrogen (secondary N) is 1. The first-order chi connectivity index (χ1) is 42.3. The standard InChI is InChI=1S/C50H35FN2.C32H25N/c1-50(46-16-8-5-13-42(46)43-14-6-9-17-47(43)50)36-21-27-39(28-22-36)52(38-25-19-35(20-26-38)34-11-3-2-4-12-34)41-31-32-49-45(33-41)44-15-7-10-18-48(44)53(49)40-29-23-37(51)24-30-40;1-32(30-13-7-5-11-28(30)29-12-6-8-14-31(29)32)25-17-21-27(22-18-25)33-26-19-15-24(16-20-26)23-9-3-2-4-10-23/h2-33H,1H3;2-22,33H,1H3. The summed E-state index contributed by atoms with van der Waals surface area (Å²) in [5.74, 6) is -0.243. The summed E-state index contributed by atoms with van der Waals surface area (Å²) in [5.41, 5.74) is 26.2. The Morgan fingerprint density at radius 2 is 0.674 bits per heavy atom. The van der Waals surface area contributed by atoms with Gasteiger partial charge in [-0.2, -0.15) is 0 Å². The van der Waals surface area contributed by atoms with Gasteiger partial charge in [-0.05, 0) is 189 Å². The highest BCUT2D eigenvalue weighted by atomic mass is 19.1. The summed E-state index contributed by atoms with van der Waals surface area (Å²) in [6.07, 6.45) is 0. The monoisotopic (exact) mass is 1110 g/mol. The minimum atomic E-state index is -0.269. The second-order valence-corrected chi connectivity index (χ2v) is 22.9. The first kappa shape index (κ1) is 52.0. The molecule has 1 heterocycles. The van der Waals surface area contributed by atoms with E-state index in [-0.39, 0.29) is 16.6 Å². The molecule has 0 aliphatic heterocycles. The second kappa shape index (κ2) is 21.4. The quantitative estimate of drug-likeness (QED) is 0.147. The third-order valence-corrected chi connectivity index (χ3v) is 18.1. The van der Waals surface area contributed by atoms with Crippen molar-refractivity contribution in [1.82, 2.24) is 4.57 Å². The van der Waals surface area contributed by atoms with Crippen LogP contribution in [0.3, 0.4) is 0 Å². The van der Waals surface area contributed by atoms with E-state index in [2.05, 4.69) is 320 Å². The number of aromatic nitrogens is 1. The van der Waals surface area contributed by atoms with Gasteiger partial charge in [0.2, 0.25) is 0 Å². The lowest BCUT2D eigenvalue weighted by molar-refractivity contribution is 0.627. The minimum absolute atomic E-state index is 0.150. The molecule has 1 aromatic heterocycles. The first-order valence-electron chi connectivity index (χ1n) is 29.6. The summed E-state index contributed by atoms with van der Waals surface area (Å²) >= 11 is 0. The Hall–Kier alpha value is -10.8. The molecule has 4 heteroatoms. The van der Waals surface area contributed by atoms with Gasteiger partial charge in [-0.1, -0.05) is 224 Å².